The molecule has 0 aliphatic carbocycles. The highest BCUT2D eigenvalue weighted by Crippen LogP contribution is 2.34. The fourth-order valence-corrected chi connectivity index (χ4v) is 1.78. The van der Waals surface area contributed by atoms with Gasteiger partial charge in [-0.15, -0.1) is 24.0 Å². The molecule has 0 heterocycles. The molecule has 1 aromatic carbocycles. The van der Waals surface area contributed by atoms with Gasteiger partial charge in [0, 0.05) is 20.6 Å². The van der Waals surface area contributed by atoms with Crippen molar-refractivity contribution in [2.24, 2.45) is 4.99 Å². The number of aliphatic imine (C=N–C) groups is 1. The third-order valence-corrected chi connectivity index (χ3v) is 2.67. The molecule has 22 heavy (non-hydrogen) atoms. The van der Waals surface area contributed by atoms with Gasteiger partial charge in [0.25, 0.3) is 0 Å². The number of alkyl halides is 3. The zero-order chi connectivity index (χ0) is 16.0. The Morgan fingerprint density at radius 3 is 2.41 bits per heavy atom. The quantitative estimate of drug-likeness (QED) is 0.437. The van der Waals surface area contributed by atoms with Gasteiger partial charge in [0.1, 0.15) is 5.75 Å². The van der Waals surface area contributed by atoms with Gasteiger partial charge >= 0.3 is 6.18 Å². The lowest BCUT2D eigenvalue weighted by atomic mass is 10.1. The van der Waals surface area contributed by atoms with Gasteiger partial charge in [-0.2, -0.15) is 13.2 Å². The Labute approximate surface area is 145 Å². The molecule has 0 fully saturated rings. The second-order valence-corrected chi connectivity index (χ2v) is 4.66. The van der Waals surface area contributed by atoms with Crippen LogP contribution in [-0.2, 0) is 12.7 Å². The molecule has 1 aromatic rings. The van der Waals surface area contributed by atoms with Crippen LogP contribution >= 0.6 is 24.0 Å². The van der Waals surface area contributed by atoms with Crippen LogP contribution in [0.3, 0.4) is 0 Å². The highest BCUT2D eigenvalue weighted by Gasteiger charge is 2.33. The van der Waals surface area contributed by atoms with E-state index in [2.05, 4.69) is 15.6 Å². The summed E-state index contributed by atoms with van der Waals surface area (Å²) < 4.78 is 44.7. The van der Waals surface area contributed by atoms with Crippen LogP contribution in [0.4, 0.5) is 13.2 Å². The Bertz CT molecular complexity index is 505. The van der Waals surface area contributed by atoms with Crippen LogP contribution in [0.15, 0.2) is 23.2 Å². The van der Waals surface area contributed by atoms with E-state index in [9.17, 15) is 13.2 Å². The fraction of sp³-hybridized carbons (Fsp3) is 0.500. The van der Waals surface area contributed by atoms with Crippen LogP contribution in [0.5, 0.6) is 5.75 Å². The summed E-state index contributed by atoms with van der Waals surface area (Å²) in [7, 11) is 3.18. The average molecular weight is 431 g/mol. The molecule has 0 saturated carbocycles. The number of rotatable bonds is 4. The number of halogens is 4. The molecule has 126 valence electrons. The van der Waals surface area contributed by atoms with Crippen LogP contribution in [0, 0.1) is 0 Å². The molecule has 0 aromatic heterocycles. The van der Waals surface area contributed by atoms with Crippen molar-refractivity contribution in [2.45, 2.75) is 32.7 Å². The van der Waals surface area contributed by atoms with Crippen LogP contribution < -0.4 is 15.4 Å². The number of ether oxygens (including phenoxy) is 1. The van der Waals surface area contributed by atoms with Gasteiger partial charge in [-0.1, -0.05) is 6.07 Å². The summed E-state index contributed by atoms with van der Waals surface area (Å²) in [5.41, 5.74) is -0.574. The number of guanidine groups is 1. The summed E-state index contributed by atoms with van der Waals surface area (Å²) in [5.74, 6) is 0.629. The van der Waals surface area contributed by atoms with Gasteiger partial charge in [0.2, 0.25) is 0 Å². The predicted molar refractivity (Wildman–Crippen MR) is 91.9 cm³/mol. The van der Waals surface area contributed by atoms with Crippen molar-refractivity contribution in [3.8, 4) is 5.75 Å². The van der Waals surface area contributed by atoms with E-state index >= 15 is 0 Å². The molecule has 0 spiro atoms. The highest BCUT2D eigenvalue weighted by molar-refractivity contribution is 14.0. The summed E-state index contributed by atoms with van der Waals surface area (Å²) in [6.45, 7) is 3.55. The molecule has 0 unspecified atom stereocenters. The minimum Gasteiger partial charge on any atom is -0.491 e. The summed E-state index contributed by atoms with van der Waals surface area (Å²) in [4.78, 5) is 3.86. The number of benzene rings is 1. The molecule has 1 rings (SSSR count). The molecule has 2 N–H and O–H groups in total. The second-order valence-electron chi connectivity index (χ2n) is 4.66. The number of hydrogen-bond donors (Lipinski definition) is 2. The lowest BCUT2D eigenvalue weighted by Gasteiger charge is -2.17. The highest BCUT2D eigenvalue weighted by atomic mass is 127. The van der Waals surface area contributed by atoms with Crippen molar-refractivity contribution in [1.82, 2.24) is 10.6 Å². The van der Waals surface area contributed by atoms with Gasteiger partial charge in [-0.25, -0.2) is 0 Å². The van der Waals surface area contributed by atoms with Crippen LogP contribution in [0.1, 0.15) is 25.0 Å². The fourth-order valence-electron chi connectivity index (χ4n) is 1.78. The standard InChI is InChI=1S/C14H20F3N3O.HI/c1-9(2)21-11-6-5-10(8-20-13(18-3)19-4)12(7-11)14(15,16)17;/h5-7,9H,8H2,1-4H3,(H2,18,19,20);1H. The van der Waals surface area contributed by atoms with Crippen molar-refractivity contribution in [2.75, 3.05) is 14.1 Å². The van der Waals surface area contributed by atoms with E-state index in [1.807, 2.05) is 0 Å². The molecule has 0 aliphatic heterocycles. The molecule has 0 atom stereocenters. The average Bonchev–Trinajstić information content (AvgIpc) is 2.39. The van der Waals surface area contributed by atoms with E-state index in [-0.39, 0.29) is 47.9 Å². The first kappa shape index (κ1) is 20.8. The maximum absolute atomic E-state index is 13.1. The molecular formula is C14H21F3IN3O. The molecule has 0 aliphatic rings. The van der Waals surface area contributed by atoms with Gasteiger partial charge in [-0.05, 0) is 31.5 Å². The maximum atomic E-state index is 13.1. The third kappa shape index (κ3) is 6.29. The molecule has 4 nitrogen and oxygen atoms in total. The van der Waals surface area contributed by atoms with Crippen LogP contribution in [-0.4, -0.2) is 26.2 Å². The smallest absolute Gasteiger partial charge is 0.416 e. The summed E-state index contributed by atoms with van der Waals surface area (Å²) in [6.07, 6.45) is -4.62. The molecular weight excluding hydrogens is 410 g/mol. The lowest BCUT2D eigenvalue weighted by Crippen LogP contribution is -2.34. The Balaban J connectivity index is 0.00000441. The molecule has 8 heteroatoms. The first-order valence-electron chi connectivity index (χ1n) is 6.53. The first-order chi connectivity index (χ1) is 9.77. The minimum atomic E-state index is -4.43. The predicted octanol–water partition coefficient (Wildman–Crippen LogP) is 3.41. The zero-order valence-corrected chi connectivity index (χ0v) is 15.2. The van der Waals surface area contributed by atoms with Gasteiger partial charge < -0.3 is 15.4 Å². The number of hydrogen-bond acceptors (Lipinski definition) is 2. The summed E-state index contributed by atoms with van der Waals surface area (Å²) >= 11 is 0. The van der Waals surface area contributed by atoms with Gasteiger partial charge in [0.15, 0.2) is 5.96 Å². The molecule has 0 bridgehead atoms. The minimum absolute atomic E-state index is 0. The van der Waals surface area contributed by atoms with Gasteiger partial charge in [-0.3, -0.25) is 4.99 Å². The molecule has 0 radical (unpaired) electrons. The number of nitrogens with one attached hydrogen (secondary N) is 2. The van der Waals surface area contributed by atoms with Crippen molar-refractivity contribution in [3.05, 3.63) is 29.3 Å². The maximum Gasteiger partial charge on any atom is 0.416 e. The Morgan fingerprint density at radius 2 is 1.95 bits per heavy atom. The van der Waals surface area contributed by atoms with Crippen molar-refractivity contribution < 1.29 is 17.9 Å². The normalized spacial score (nSPS) is 11.9. The Hall–Kier alpha value is -1.19. The largest absolute Gasteiger partial charge is 0.491 e. The van der Waals surface area contributed by atoms with Crippen molar-refractivity contribution in [3.63, 3.8) is 0 Å². The Morgan fingerprint density at radius 1 is 1.32 bits per heavy atom. The topological polar surface area (TPSA) is 45.7 Å². The van der Waals surface area contributed by atoms with Crippen LogP contribution in [0.25, 0.3) is 0 Å². The molecule has 0 saturated heterocycles. The van der Waals surface area contributed by atoms with E-state index in [4.69, 9.17) is 4.74 Å². The van der Waals surface area contributed by atoms with Crippen LogP contribution in [0.2, 0.25) is 0 Å². The van der Waals surface area contributed by atoms with E-state index < -0.39 is 11.7 Å². The number of nitrogens with zero attached hydrogens (tertiary/aromatic N) is 1. The van der Waals surface area contributed by atoms with Crippen molar-refractivity contribution in [1.29, 1.82) is 0 Å². The summed E-state index contributed by atoms with van der Waals surface area (Å²) in [5, 5.41) is 5.56. The summed E-state index contributed by atoms with van der Waals surface area (Å²) in [6, 6.07) is 3.98. The zero-order valence-electron chi connectivity index (χ0n) is 12.9. The van der Waals surface area contributed by atoms with Crippen molar-refractivity contribution >= 4 is 29.9 Å². The van der Waals surface area contributed by atoms with E-state index in [1.54, 1.807) is 27.9 Å². The monoisotopic (exact) mass is 431 g/mol. The third-order valence-electron chi connectivity index (χ3n) is 2.67. The SMILES string of the molecule is CN=C(NC)NCc1ccc(OC(C)C)cc1C(F)(F)F.I. The van der Waals surface area contributed by atoms with E-state index in [1.165, 1.54) is 12.1 Å². The first-order valence-corrected chi connectivity index (χ1v) is 6.53. The molecule has 0 amide bonds. The van der Waals surface area contributed by atoms with E-state index in [0.717, 1.165) is 6.07 Å². The van der Waals surface area contributed by atoms with Gasteiger partial charge in [0.05, 0.1) is 11.7 Å². The second kappa shape index (κ2) is 9.06. The van der Waals surface area contributed by atoms with E-state index in [0.29, 0.717) is 5.96 Å². The lowest BCUT2D eigenvalue weighted by molar-refractivity contribution is -0.138. The Kier molecular flexibility index (Phi) is 8.57.